The van der Waals surface area contributed by atoms with Crippen LogP contribution in [0, 0.1) is 14.9 Å². The minimum absolute atomic E-state index is 0.0170. The molecule has 1 saturated heterocycles. The number of ether oxygens (including phenoxy) is 2. The van der Waals surface area contributed by atoms with Crippen LogP contribution >= 0.6 is 34.4 Å². The van der Waals surface area contributed by atoms with Crippen LogP contribution in [0.5, 0.6) is 11.5 Å². The van der Waals surface area contributed by atoms with E-state index in [9.17, 15) is 32.8 Å². The van der Waals surface area contributed by atoms with Crippen LogP contribution in [-0.4, -0.2) is 35.6 Å². The van der Waals surface area contributed by atoms with Gasteiger partial charge in [-0.05, 0) is 82.4 Å². The Morgan fingerprint density at radius 2 is 1.85 bits per heavy atom. The summed E-state index contributed by atoms with van der Waals surface area (Å²) >= 11 is 2.70. The first-order valence-corrected chi connectivity index (χ1v) is 13.6. The summed E-state index contributed by atoms with van der Waals surface area (Å²) < 4.78 is 50.9. The molecule has 41 heavy (non-hydrogen) atoms. The summed E-state index contributed by atoms with van der Waals surface area (Å²) in [6.07, 6.45) is -3.15. The topological polar surface area (TPSA) is 109 Å². The van der Waals surface area contributed by atoms with Gasteiger partial charge in [0.25, 0.3) is 11.1 Å². The molecule has 0 bridgehead atoms. The molecule has 3 aromatic rings. The molecular weight excluding hydrogens is 674 g/mol. The lowest BCUT2D eigenvalue weighted by Gasteiger charge is -2.16. The molecule has 3 amide bonds. The average molecular weight is 693 g/mol. The van der Waals surface area contributed by atoms with Crippen molar-refractivity contribution in [3.8, 4) is 17.6 Å². The molecule has 0 atom stereocenters. The Bertz CT molecular complexity index is 1600. The Kier molecular flexibility index (Phi) is 9.24. The molecule has 1 aliphatic heterocycles. The quantitative estimate of drug-likeness (QED) is 0.214. The van der Waals surface area contributed by atoms with Gasteiger partial charge in [-0.1, -0.05) is 24.3 Å². The minimum Gasteiger partial charge on any atom is -0.495 e. The molecule has 0 saturated carbocycles. The maximum absolute atomic E-state index is 13.1. The normalized spacial score (nSPS) is 14.2. The standard InChI is InChI=1S/C28H19F3IN3O5S/c1-39-23-9-7-19(28(29,30)31)12-21(23)34-25(36)14-35-26(37)24(41-27(35)38)11-16-6-8-22(20(32)10-16)40-15-18-5-3-2-4-17(18)13-33/h2-12H,14-15H2,1H3,(H,34,36)/b24-11-. The van der Waals surface area contributed by atoms with E-state index in [0.29, 0.717) is 39.6 Å². The van der Waals surface area contributed by atoms with Crippen molar-refractivity contribution in [3.63, 3.8) is 0 Å². The highest BCUT2D eigenvalue weighted by molar-refractivity contribution is 14.1. The van der Waals surface area contributed by atoms with E-state index in [1.807, 2.05) is 6.07 Å². The van der Waals surface area contributed by atoms with Crippen LogP contribution in [0.25, 0.3) is 6.08 Å². The van der Waals surface area contributed by atoms with E-state index >= 15 is 0 Å². The van der Waals surface area contributed by atoms with E-state index in [-0.39, 0.29) is 22.9 Å². The van der Waals surface area contributed by atoms with Gasteiger partial charge in [-0.15, -0.1) is 0 Å². The Balaban J connectivity index is 1.43. The molecule has 0 aromatic heterocycles. The highest BCUT2D eigenvalue weighted by Gasteiger charge is 2.37. The number of alkyl halides is 3. The summed E-state index contributed by atoms with van der Waals surface area (Å²) in [5, 5.41) is 10.8. The first-order valence-electron chi connectivity index (χ1n) is 11.7. The number of carbonyl (C=O) groups excluding carboxylic acids is 3. The summed E-state index contributed by atoms with van der Waals surface area (Å²) in [6, 6.07) is 16.9. The summed E-state index contributed by atoms with van der Waals surface area (Å²) in [5.41, 5.74) is 0.600. The van der Waals surface area contributed by atoms with Crippen molar-refractivity contribution in [2.75, 3.05) is 19.0 Å². The zero-order valence-corrected chi connectivity index (χ0v) is 24.1. The van der Waals surface area contributed by atoms with Crippen LogP contribution in [-0.2, 0) is 22.4 Å². The second-order valence-electron chi connectivity index (χ2n) is 8.48. The van der Waals surface area contributed by atoms with Crippen LogP contribution in [0.15, 0.2) is 65.6 Å². The molecule has 1 N–H and O–H groups in total. The van der Waals surface area contributed by atoms with Crippen LogP contribution in [0.1, 0.15) is 22.3 Å². The number of anilines is 1. The highest BCUT2D eigenvalue weighted by Crippen LogP contribution is 2.36. The molecule has 0 spiro atoms. The SMILES string of the molecule is COc1ccc(C(F)(F)F)cc1NC(=O)CN1C(=O)S/C(=C\c2ccc(OCc3ccccc3C#N)c(I)c2)C1=O. The molecule has 8 nitrogen and oxygen atoms in total. The van der Waals surface area contributed by atoms with Crippen LogP contribution in [0.4, 0.5) is 23.7 Å². The van der Waals surface area contributed by atoms with E-state index in [2.05, 4.69) is 34.0 Å². The lowest BCUT2D eigenvalue weighted by Crippen LogP contribution is -2.36. The number of methoxy groups -OCH3 is 1. The fourth-order valence-electron chi connectivity index (χ4n) is 3.74. The molecule has 1 fully saturated rings. The molecule has 0 radical (unpaired) electrons. The number of imide groups is 1. The number of hydrogen-bond acceptors (Lipinski definition) is 7. The smallest absolute Gasteiger partial charge is 0.416 e. The first kappa shape index (κ1) is 29.9. The average Bonchev–Trinajstić information content (AvgIpc) is 3.19. The zero-order valence-electron chi connectivity index (χ0n) is 21.1. The second kappa shape index (κ2) is 12.6. The number of halogens is 4. The molecule has 13 heteroatoms. The molecule has 4 rings (SSSR count). The van der Waals surface area contributed by atoms with Gasteiger partial charge >= 0.3 is 6.18 Å². The number of benzene rings is 3. The largest absolute Gasteiger partial charge is 0.495 e. The third kappa shape index (κ3) is 7.19. The summed E-state index contributed by atoms with van der Waals surface area (Å²) in [7, 11) is 1.23. The lowest BCUT2D eigenvalue weighted by molar-refractivity contribution is -0.137. The predicted octanol–water partition coefficient (Wildman–Crippen LogP) is 6.44. The van der Waals surface area contributed by atoms with E-state index in [1.165, 1.54) is 13.2 Å². The van der Waals surface area contributed by atoms with Gasteiger partial charge in [0.1, 0.15) is 24.7 Å². The van der Waals surface area contributed by atoms with Crippen LogP contribution in [0.3, 0.4) is 0 Å². The Labute approximate surface area is 250 Å². The van der Waals surface area contributed by atoms with Crippen molar-refractivity contribution >= 4 is 63.2 Å². The maximum atomic E-state index is 13.1. The number of hydrogen-bond donors (Lipinski definition) is 1. The summed E-state index contributed by atoms with van der Waals surface area (Å²) in [4.78, 5) is 38.8. The van der Waals surface area contributed by atoms with Gasteiger partial charge in [-0.2, -0.15) is 18.4 Å². The van der Waals surface area contributed by atoms with Crippen molar-refractivity contribution in [1.29, 1.82) is 5.26 Å². The summed E-state index contributed by atoms with van der Waals surface area (Å²) in [5.74, 6) is -1.04. The minimum atomic E-state index is -4.64. The molecule has 0 unspecified atom stereocenters. The van der Waals surface area contributed by atoms with Crippen molar-refractivity contribution in [3.05, 3.63) is 91.4 Å². The van der Waals surface area contributed by atoms with E-state index in [1.54, 1.807) is 36.4 Å². The van der Waals surface area contributed by atoms with Gasteiger partial charge in [0.05, 0.1) is 38.5 Å². The fraction of sp³-hybridized carbons (Fsp3) is 0.143. The monoisotopic (exact) mass is 693 g/mol. The Morgan fingerprint density at radius 3 is 2.54 bits per heavy atom. The molecule has 3 aromatic carbocycles. The van der Waals surface area contributed by atoms with Gasteiger partial charge in [-0.3, -0.25) is 19.3 Å². The number of rotatable bonds is 8. The van der Waals surface area contributed by atoms with Crippen molar-refractivity contribution in [2.24, 2.45) is 0 Å². The van der Waals surface area contributed by atoms with Crippen LogP contribution < -0.4 is 14.8 Å². The maximum Gasteiger partial charge on any atom is 0.416 e. The summed E-state index contributed by atoms with van der Waals surface area (Å²) in [6.45, 7) is -0.512. The van der Waals surface area contributed by atoms with Gasteiger partial charge in [0.15, 0.2) is 0 Å². The van der Waals surface area contributed by atoms with Gasteiger partial charge in [0.2, 0.25) is 5.91 Å². The fourth-order valence-corrected chi connectivity index (χ4v) is 5.27. The van der Waals surface area contributed by atoms with Crippen molar-refractivity contribution < 1.29 is 37.0 Å². The van der Waals surface area contributed by atoms with Crippen LogP contribution in [0.2, 0.25) is 0 Å². The van der Waals surface area contributed by atoms with Crippen molar-refractivity contribution in [2.45, 2.75) is 12.8 Å². The molecule has 1 heterocycles. The number of nitrogens with one attached hydrogen (secondary N) is 1. The molecule has 0 aliphatic carbocycles. The van der Waals surface area contributed by atoms with Gasteiger partial charge < -0.3 is 14.8 Å². The second-order valence-corrected chi connectivity index (χ2v) is 10.6. The van der Waals surface area contributed by atoms with Gasteiger partial charge in [0, 0.05) is 5.56 Å². The Hall–Kier alpha value is -4.03. The number of amides is 3. The third-order valence-corrected chi connectivity index (χ3v) is 7.50. The molecule has 1 aliphatic rings. The molecule has 210 valence electrons. The lowest BCUT2D eigenvalue weighted by atomic mass is 10.1. The van der Waals surface area contributed by atoms with Gasteiger partial charge in [-0.25, -0.2) is 0 Å². The first-order chi connectivity index (χ1) is 19.5. The zero-order chi connectivity index (χ0) is 29.7. The number of thioether (sulfide) groups is 1. The van der Waals surface area contributed by atoms with E-state index < -0.39 is 35.3 Å². The number of nitriles is 1. The molecular formula is C28H19F3IN3O5S. The number of nitrogens with zero attached hydrogens (tertiary/aromatic N) is 2. The third-order valence-electron chi connectivity index (χ3n) is 5.75. The van der Waals surface area contributed by atoms with E-state index in [0.717, 1.165) is 21.3 Å². The Morgan fingerprint density at radius 1 is 1.12 bits per heavy atom. The van der Waals surface area contributed by atoms with E-state index in [4.69, 9.17) is 9.47 Å². The number of carbonyl (C=O) groups is 3. The van der Waals surface area contributed by atoms with Crippen molar-refractivity contribution in [1.82, 2.24) is 4.90 Å². The highest BCUT2D eigenvalue weighted by atomic mass is 127. The predicted molar refractivity (Wildman–Crippen MR) is 154 cm³/mol.